The Labute approximate surface area is 155 Å². The molecule has 2 unspecified atom stereocenters. The number of sulfonamides is 1. The Kier molecular flexibility index (Phi) is 4.98. The van der Waals surface area contributed by atoms with Crippen LogP contribution in [-0.2, 0) is 19.9 Å². The summed E-state index contributed by atoms with van der Waals surface area (Å²) in [4.78, 5) is 0. The lowest BCUT2D eigenvalue weighted by atomic mass is 9.96. The van der Waals surface area contributed by atoms with Gasteiger partial charge in [-0.25, -0.2) is 27.3 Å². The molecule has 14 nitrogen and oxygen atoms in total. The summed E-state index contributed by atoms with van der Waals surface area (Å²) >= 11 is -0.0463. The maximum absolute atomic E-state index is 12.5. The van der Waals surface area contributed by atoms with Gasteiger partial charge in [0.1, 0.15) is 9.46 Å². The van der Waals surface area contributed by atoms with Crippen LogP contribution in [-0.4, -0.2) is 80.6 Å². The molecule has 0 bridgehead atoms. The van der Waals surface area contributed by atoms with Gasteiger partial charge in [0.15, 0.2) is 19.8 Å². The summed E-state index contributed by atoms with van der Waals surface area (Å²) in [7, 11) is -9.35. The van der Waals surface area contributed by atoms with Crippen molar-refractivity contribution < 1.29 is 57.7 Å². The van der Waals surface area contributed by atoms with Crippen molar-refractivity contribution in [3.8, 4) is 5.75 Å². The lowest BCUT2D eigenvalue weighted by Crippen LogP contribution is -2.68. The minimum Gasteiger partial charge on any atom is -0.505 e. The maximum atomic E-state index is 12.5. The van der Waals surface area contributed by atoms with Crippen molar-refractivity contribution in [3.05, 3.63) is 5.56 Å². The van der Waals surface area contributed by atoms with Crippen LogP contribution in [0.3, 0.4) is 0 Å². The number of hydrogen-bond donors (Lipinski definition) is 10. The molecule has 0 spiro atoms. The van der Waals surface area contributed by atoms with Gasteiger partial charge in [-0.1, -0.05) is 0 Å². The Morgan fingerprint density at radius 2 is 1.67 bits per heavy atom. The number of thiophene rings is 1. The van der Waals surface area contributed by atoms with E-state index in [2.05, 4.69) is 0 Å². The molecule has 11 N–H and O–H groups in total. The largest absolute Gasteiger partial charge is 0.505 e. The molecule has 2 rings (SSSR count). The molecule has 0 saturated heterocycles. The van der Waals surface area contributed by atoms with Gasteiger partial charge < -0.3 is 40.9 Å². The molecule has 2 heterocycles. The van der Waals surface area contributed by atoms with Gasteiger partial charge in [0.05, 0.1) is 6.04 Å². The highest BCUT2D eigenvalue weighted by Crippen LogP contribution is 2.52. The minimum absolute atomic E-state index is 0.0463. The SMILES string of the molecule is CC1C(O)(O)C(NC(O)(O)C(O)(O)O)c2c(sc(S(N)(=O)=O)c2O)S1(=O)=O. The van der Waals surface area contributed by atoms with E-state index in [1.165, 1.54) is 5.32 Å². The quantitative estimate of drug-likeness (QED) is 0.192. The van der Waals surface area contributed by atoms with Gasteiger partial charge in [0, 0.05) is 5.56 Å². The molecule has 0 radical (unpaired) electrons. The van der Waals surface area contributed by atoms with Crippen LogP contribution in [0.5, 0.6) is 5.75 Å². The summed E-state index contributed by atoms with van der Waals surface area (Å²) in [5.41, 5.74) is -1.05. The first-order chi connectivity index (χ1) is 11.8. The van der Waals surface area contributed by atoms with Crippen molar-refractivity contribution in [3.63, 3.8) is 0 Å². The summed E-state index contributed by atoms with van der Waals surface area (Å²) in [6.07, 6.45) is 0. The molecule has 0 amide bonds. The monoisotopic (exact) mass is 452 g/mol. The smallest absolute Gasteiger partial charge is 0.348 e. The molecule has 0 fully saturated rings. The van der Waals surface area contributed by atoms with E-state index in [4.69, 9.17) is 20.5 Å². The Bertz CT molecular complexity index is 972. The van der Waals surface area contributed by atoms with Gasteiger partial charge in [-0.3, -0.25) is 0 Å². The van der Waals surface area contributed by atoms with E-state index < -0.39 is 68.6 Å². The van der Waals surface area contributed by atoms with Gasteiger partial charge in [0.25, 0.3) is 10.0 Å². The fourth-order valence-corrected chi connectivity index (χ4v) is 6.90. The number of aromatic hydroxyl groups is 1. The zero-order chi connectivity index (χ0) is 21.4. The second kappa shape index (κ2) is 6.02. The molecule has 27 heavy (non-hydrogen) atoms. The highest BCUT2D eigenvalue weighted by atomic mass is 32.3. The number of hydrogen-bond acceptors (Lipinski definition) is 14. The van der Waals surface area contributed by atoms with Crippen LogP contribution in [0.4, 0.5) is 0 Å². The number of aliphatic hydroxyl groups is 7. The second-order valence-corrected chi connectivity index (χ2v) is 11.1. The number of nitrogens with one attached hydrogen (secondary N) is 1. The number of nitrogens with two attached hydrogens (primary N) is 1. The molecular formula is C10H16N2O12S3. The number of primary sulfonamides is 1. The van der Waals surface area contributed by atoms with Gasteiger partial charge in [-0.15, -0.1) is 11.3 Å². The average molecular weight is 452 g/mol. The van der Waals surface area contributed by atoms with Crippen molar-refractivity contribution in [2.24, 2.45) is 5.14 Å². The van der Waals surface area contributed by atoms with E-state index in [1.54, 1.807) is 0 Å². The number of rotatable bonds is 4. The molecule has 0 saturated carbocycles. The molecule has 156 valence electrons. The first kappa shape index (κ1) is 22.3. The minimum atomic E-state index is -4.69. The summed E-state index contributed by atoms with van der Waals surface area (Å²) in [5.74, 6) is -13.2. The van der Waals surface area contributed by atoms with Crippen molar-refractivity contribution >= 4 is 31.2 Å². The van der Waals surface area contributed by atoms with E-state index in [1.807, 2.05) is 0 Å². The molecule has 1 aliphatic heterocycles. The normalized spacial score (nSPS) is 25.2. The maximum Gasteiger partial charge on any atom is 0.348 e. The highest BCUT2D eigenvalue weighted by molar-refractivity contribution is 7.95. The van der Waals surface area contributed by atoms with E-state index in [0.29, 0.717) is 0 Å². The second-order valence-electron chi connectivity index (χ2n) is 5.84. The molecule has 1 aliphatic rings. The molecule has 1 aromatic rings. The van der Waals surface area contributed by atoms with Crippen LogP contribution < -0.4 is 10.5 Å². The Morgan fingerprint density at radius 1 is 1.19 bits per heavy atom. The summed E-state index contributed by atoms with van der Waals surface area (Å²) in [5, 5.41) is 80.6. The van der Waals surface area contributed by atoms with Crippen LogP contribution in [0.2, 0.25) is 0 Å². The predicted molar refractivity (Wildman–Crippen MR) is 83.6 cm³/mol. The Hall–Kier alpha value is -0.960. The lowest BCUT2D eigenvalue weighted by molar-refractivity contribution is -0.460. The van der Waals surface area contributed by atoms with Crippen molar-refractivity contribution in [1.82, 2.24) is 5.32 Å². The van der Waals surface area contributed by atoms with E-state index >= 15 is 0 Å². The molecule has 0 aromatic carbocycles. The van der Waals surface area contributed by atoms with Crippen LogP contribution in [0.25, 0.3) is 0 Å². The van der Waals surface area contributed by atoms with E-state index in [0.717, 1.165) is 6.92 Å². The van der Waals surface area contributed by atoms with E-state index in [9.17, 15) is 42.4 Å². The molecule has 0 aliphatic carbocycles. The van der Waals surface area contributed by atoms with Crippen molar-refractivity contribution in [2.75, 3.05) is 0 Å². The fraction of sp³-hybridized carbons (Fsp3) is 0.600. The standard InChI is InChI=1S/C10H16N2O12S3/c1-2-8(14,15)5(12-9(16,17)10(18,19)20)3-4(13)7(27(11,23)24)25-6(3)26(2,21)22/h2,5,12-20H,1H3,(H2,11,23,24). The lowest BCUT2D eigenvalue weighted by Gasteiger charge is -2.43. The van der Waals surface area contributed by atoms with Crippen LogP contribution in [0, 0.1) is 0 Å². The van der Waals surface area contributed by atoms with Crippen LogP contribution >= 0.6 is 11.3 Å². The summed E-state index contributed by atoms with van der Waals surface area (Å²) < 4.78 is 46.0. The Morgan fingerprint density at radius 3 is 2.07 bits per heavy atom. The van der Waals surface area contributed by atoms with Crippen LogP contribution in [0.15, 0.2) is 8.42 Å². The van der Waals surface area contributed by atoms with Gasteiger partial charge >= 0.3 is 11.9 Å². The predicted octanol–water partition coefficient (Wildman–Crippen LogP) is -5.14. The molecular weight excluding hydrogens is 436 g/mol. The third-order valence-corrected chi connectivity index (χ3v) is 9.36. The number of sulfone groups is 1. The first-order valence-corrected chi connectivity index (χ1v) is 10.6. The van der Waals surface area contributed by atoms with Crippen molar-refractivity contribution in [2.45, 2.75) is 44.3 Å². The van der Waals surface area contributed by atoms with Gasteiger partial charge in [0.2, 0.25) is 5.79 Å². The topological polar surface area (TPSA) is 268 Å². The zero-order valence-electron chi connectivity index (χ0n) is 13.2. The number of fused-ring (bicyclic) bond motifs is 1. The third kappa shape index (κ3) is 3.34. The Balaban J connectivity index is 2.85. The third-order valence-electron chi connectivity index (χ3n) is 3.96. The summed E-state index contributed by atoms with van der Waals surface area (Å²) in [6, 6.07) is -2.45. The summed E-state index contributed by atoms with van der Waals surface area (Å²) in [6.45, 7) is 0.765. The van der Waals surface area contributed by atoms with Gasteiger partial charge in [-0.2, -0.15) is 0 Å². The zero-order valence-corrected chi connectivity index (χ0v) is 15.6. The highest BCUT2D eigenvalue weighted by Gasteiger charge is 2.60. The van der Waals surface area contributed by atoms with Gasteiger partial charge in [-0.05, 0) is 6.92 Å². The first-order valence-electron chi connectivity index (χ1n) is 6.73. The fourth-order valence-electron chi connectivity index (χ4n) is 2.37. The molecule has 1 aromatic heterocycles. The van der Waals surface area contributed by atoms with Crippen molar-refractivity contribution in [1.29, 1.82) is 0 Å². The van der Waals surface area contributed by atoms with Crippen LogP contribution in [0.1, 0.15) is 18.5 Å². The van der Waals surface area contributed by atoms with E-state index in [-0.39, 0.29) is 11.3 Å². The molecule has 17 heteroatoms. The molecule has 2 atom stereocenters. The average Bonchev–Trinajstić information content (AvgIpc) is 2.79.